The third-order valence-corrected chi connectivity index (χ3v) is 1.84. The molecule has 0 aliphatic carbocycles. The number of carbonyl (C=O) groups excluding carboxylic acids is 1. The van der Waals surface area contributed by atoms with Gasteiger partial charge in [-0.3, -0.25) is 10.1 Å². The van der Waals surface area contributed by atoms with Gasteiger partial charge in [0.25, 0.3) is 5.91 Å². The Morgan fingerprint density at radius 2 is 2.33 bits per heavy atom. The third kappa shape index (κ3) is 2.29. The number of nitrogens with one attached hydrogen (secondary N) is 2. The Balaban J connectivity index is 2.15. The van der Waals surface area contributed by atoms with Gasteiger partial charge in [0, 0.05) is 11.8 Å². The number of carbonyl (C=O) groups is 1. The molecule has 0 spiro atoms. The molecular formula is C8H6ClN5O. The molecular weight excluding hydrogens is 218 g/mol. The van der Waals surface area contributed by atoms with Gasteiger partial charge in [0.05, 0.1) is 0 Å². The average molecular weight is 224 g/mol. The van der Waals surface area contributed by atoms with Crippen LogP contribution in [0, 0.1) is 0 Å². The molecule has 2 aromatic rings. The summed E-state index contributed by atoms with van der Waals surface area (Å²) in [4.78, 5) is 19.1. The van der Waals surface area contributed by atoms with Gasteiger partial charge in [0.15, 0.2) is 0 Å². The van der Waals surface area contributed by atoms with Crippen molar-refractivity contribution < 1.29 is 4.79 Å². The van der Waals surface area contributed by atoms with Gasteiger partial charge in [-0.1, -0.05) is 11.6 Å². The van der Waals surface area contributed by atoms with Crippen LogP contribution >= 0.6 is 11.6 Å². The number of hydrogen-bond donors (Lipinski definition) is 2. The Hall–Kier alpha value is -1.95. The summed E-state index contributed by atoms with van der Waals surface area (Å²) < 4.78 is 0. The van der Waals surface area contributed by atoms with Gasteiger partial charge < -0.3 is 0 Å². The van der Waals surface area contributed by atoms with Crippen molar-refractivity contribution in [2.45, 2.75) is 0 Å². The topological polar surface area (TPSA) is 83.6 Å². The zero-order valence-corrected chi connectivity index (χ0v) is 8.19. The second-order valence-corrected chi connectivity index (χ2v) is 3.04. The highest BCUT2D eigenvalue weighted by atomic mass is 35.5. The lowest BCUT2D eigenvalue weighted by molar-refractivity contribution is 0.102. The second kappa shape index (κ2) is 4.05. The second-order valence-electron chi connectivity index (χ2n) is 2.66. The molecule has 76 valence electrons. The van der Waals surface area contributed by atoms with E-state index < -0.39 is 0 Å². The van der Waals surface area contributed by atoms with Gasteiger partial charge in [-0.2, -0.15) is 10.1 Å². The van der Waals surface area contributed by atoms with Crippen molar-refractivity contribution in [3.63, 3.8) is 0 Å². The molecule has 0 radical (unpaired) electrons. The minimum Gasteiger partial charge on any atom is -0.291 e. The standard InChI is InChI=1S/C8H6ClN5O/c9-6-3-5(1-2-10-6)7(15)13-8-11-4-12-14-8/h1-4H,(H2,11,12,13,14,15). The number of amides is 1. The Morgan fingerprint density at radius 1 is 1.47 bits per heavy atom. The first-order valence-electron chi connectivity index (χ1n) is 4.04. The van der Waals surface area contributed by atoms with Gasteiger partial charge in [-0.25, -0.2) is 10.1 Å². The predicted molar refractivity (Wildman–Crippen MR) is 53.6 cm³/mol. The van der Waals surface area contributed by atoms with Gasteiger partial charge in [0.2, 0.25) is 5.95 Å². The number of nitrogens with zero attached hydrogens (tertiary/aromatic N) is 3. The van der Waals surface area contributed by atoms with Crippen molar-refractivity contribution in [1.82, 2.24) is 20.2 Å². The summed E-state index contributed by atoms with van der Waals surface area (Å²) in [5.74, 6) is -0.0380. The van der Waals surface area contributed by atoms with Crippen LogP contribution in [0.1, 0.15) is 10.4 Å². The van der Waals surface area contributed by atoms with Gasteiger partial charge in [-0.05, 0) is 12.1 Å². The van der Waals surface area contributed by atoms with E-state index in [1.54, 1.807) is 6.07 Å². The molecule has 0 aliphatic heterocycles. The molecule has 0 atom stereocenters. The van der Waals surface area contributed by atoms with E-state index in [4.69, 9.17) is 11.6 Å². The normalized spacial score (nSPS) is 9.93. The zero-order chi connectivity index (χ0) is 10.7. The van der Waals surface area contributed by atoms with E-state index in [1.807, 2.05) is 0 Å². The molecule has 15 heavy (non-hydrogen) atoms. The smallest absolute Gasteiger partial charge is 0.258 e. The van der Waals surface area contributed by atoms with Crippen molar-refractivity contribution in [2.24, 2.45) is 0 Å². The Labute approximate surface area is 89.7 Å². The van der Waals surface area contributed by atoms with Crippen LogP contribution in [0.4, 0.5) is 5.95 Å². The number of halogens is 1. The van der Waals surface area contributed by atoms with Crippen LogP contribution < -0.4 is 5.32 Å². The lowest BCUT2D eigenvalue weighted by Crippen LogP contribution is -2.13. The lowest BCUT2D eigenvalue weighted by atomic mass is 10.2. The minimum absolute atomic E-state index is 0.264. The quantitative estimate of drug-likeness (QED) is 0.747. The summed E-state index contributed by atoms with van der Waals surface area (Å²) in [6.07, 6.45) is 2.76. The third-order valence-electron chi connectivity index (χ3n) is 1.64. The largest absolute Gasteiger partial charge is 0.291 e. The van der Waals surface area contributed by atoms with Crippen LogP contribution in [0.25, 0.3) is 0 Å². The van der Waals surface area contributed by atoms with Crippen LogP contribution in [0.3, 0.4) is 0 Å². The van der Waals surface area contributed by atoms with E-state index in [9.17, 15) is 4.79 Å². The van der Waals surface area contributed by atoms with E-state index in [2.05, 4.69) is 25.5 Å². The summed E-state index contributed by atoms with van der Waals surface area (Å²) in [6.45, 7) is 0. The van der Waals surface area contributed by atoms with Crippen molar-refractivity contribution in [3.8, 4) is 0 Å². The van der Waals surface area contributed by atoms with E-state index in [-0.39, 0.29) is 17.0 Å². The number of hydrogen-bond acceptors (Lipinski definition) is 4. The van der Waals surface area contributed by atoms with Crippen LogP contribution in [-0.2, 0) is 0 Å². The lowest BCUT2D eigenvalue weighted by Gasteiger charge is -2.00. The number of rotatable bonds is 2. The van der Waals surface area contributed by atoms with E-state index in [0.717, 1.165) is 0 Å². The molecule has 2 heterocycles. The predicted octanol–water partition coefficient (Wildman–Crippen LogP) is 1.11. The molecule has 2 aromatic heterocycles. The van der Waals surface area contributed by atoms with Gasteiger partial charge in [0.1, 0.15) is 11.5 Å². The first kappa shape index (κ1) is 9.60. The number of pyridine rings is 1. The monoisotopic (exact) mass is 223 g/mol. The maximum Gasteiger partial charge on any atom is 0.258 e. The Bertz CT molecular complexity index is 470. The summed E-state index contributed by atoms with van der Waals surface area (Å²) >= 11 is 5.64. The fourth-order valence-corrected chi connectivity index (χ4v) is 1.16. The molecule has 2 rings (SSSR count). The van der Waals surface area contributed by atoms with Crippen LogP contribution in [0.2, 0.25) is 5.15 Å². The number of aromatic amines is 1. The van der Waals surface area contributed by atoms with E-state index in [1.165, 1.54) is 18.6 Å². The summed E-state index contributed by atoms with van der Waals surface area (Å²) in [7, 11) is 0. The molecule has 7 heteroatoms. The molecule has 0 aliphatic rings. The summed E-state index contributed by atoms with van der Waals surface area (Å²) in [5, 5.41) is 8.88. The molecule has 1 amide bonds. The molecule has 0 bridgehead atoms. The van der Waals surface area contributed by atoms with Crippen LogP contribution in [0.5, 0.6) is 0 Å². The van der Waals surface area contributed by atoms with Crippen molar-refractivity contribution in [2.75, 3.05) is 5.32 Å². The van der Waals surface area contributed by atoms with Gasteiger partial charge >= 0.3 is 0 Å². The van der Waals surface area contributed by atoms with E-state index >= 15 is 0 Å². The Morgan fingerprint density at radius 3 is 3.00 bits per heavy atom. The first-order valence-corrected chi connectivity index (χ1v) is 4.42. The Kier molecular flexibility index (Phi) is 2.59. The molecule has 0 saturated heterocycles. The SMILES string of the molecule is O=C(Nc1ncn[nH]1)c1ccnc(Cl)c1. The first-order chi connectivity index (χ1) is 7.25. The highest BCUT2D eigenvalue weighted by molar-refractivity contribution is 6.29. The molecule has 0 aromatic carbocycles. The summed E-state index contributed by atoms with van der Waals surface area (Å²) in [6, 6.07) is 3.02. The minimum atomic E-state index is -0.323. The fourth-order valence-electron chi connectivity index (χ4n) is 0.989. The van der Waals surface area contributed by atoms with Crippen molar-refractivity contribution in [1.29, 1.82) is 0 Å². The van der Waals surface area contributed by atoms with E-state index in [0.29, 0.717) is 5.56 Å². The number of aromatic nitrogens is 4. The van der Waals surface area contributed by atoms with Gasteiger partial charge in [-0.15, -0.1) is 0 Å². The molecule has 0 saturated carbocycles. The zero-order valence-electron chi connectivity index (χ0n) is 7.44. The highest BCUT2D eigenvalue weighted by Gasteiger charge is 2.07. The number of anilines is 1. The molecule has 0 fully saturated rings. The maximum atomic E-state index is 11.6. The number of H-pyrrole nitrogens is 1. The van der Waals surface area contributed by atoms with Crippen LogP contribution in [0.15, 0.2) is 24.7 Å². The van der Waals surface area contributed by atoms with Crippen LogP contribution in [-0.4, -0.2) is 26.1 Å². The van der Waals surface area contributed by atoms with Crippen molar-refractivity contribution in [3.05, 3.63) is 35.4 Å². The molecule has 2 N–H and O–H groups in total. The molecule has 0 unspecified atom stereocenters. The maximum absolute atomic E-state index is 11.6. The molecule has 6 nitrogen and oxygen atoms in total. The van der Waals surface area contributed by atoms with Crippen molar-refractivity contribution >= 4 is 23.5 Å². The summed E-state index contributed by atoms with van der Waals surface area (Å²) in [5.41, 5.74) is 0.409. The average Bonchev–Trinajstić information content (AvgIpc) is 2.70. The fraction of sp³-hybridized carbons (Fsp3) is 0. The highest BCUT2D eigenvalue weighted by Crippen LogP contribution is 2.08.